The third-order valence-corrected chi connectivity index (χ3v) is 8.52. The molecule has 0 saturated carbocycles. The van der Waals surface area contributed by atoms with Gasteiger partial charge in [0.05, 0.1) is 17.8 Å². The first-order valence-electron chi connectivity index (χ1n) is 14.2. The summed E-state index contributed by atoms with van der Waals surface area (Å²) in [4.78, 5) is 17.2. The fourth-order valence-electron chi connectivity index (χ4n) is 6.26. The van der Waals surface area contributed by atoms with Crippen LogP contribution in [0, 0.1) is 11.8 Å². The molecule has 5 atom stereocenters. The van der Waals surface area contributed by atoms with Crippen LogP contribution in [0.2, 0.25) is 0 Å². The molecule has 10 heteroatoms. The minimum Gasteiger partial charge on any atom is -0.381 e. The van der Waals surface area contributed by atoms with Gasteiger partial charge in [-0.15, -0.1) is 0 Å². The molecule has 1 aromatic carbocycles. The van der Waals surface area contributed by atoms with Crippen molar-refractivity contribution >= 4 is 11.7 Å². The molecule has 2 amide bonds. The van der Waals surface area contributed by atoms with Crippen LogP contribution in [-0.4, -0.2) is 80.8 Å². The van der Waals surface area contributed by atoms with Gasteiger partial charge in [0, 0.05) is 68.4 Å². The number of fused-ring (bicyclic) bond motifs is 3. The van der Waals surface area contributed by atoms with E-state index in [0.29, 0.717) is 24.3 Å². The molecule has 3 aliphatic heterocycles. The predicted octanol–water partition coefficient (Wildman–Crippen LogP) is 4.40. The van der Waals surface area contributed by atoms with E-state index in [1.807, 2.05) is 12.2 Å². The van der Waals surface area contributed by atoms with Crippen LogP contribution >= 0.6 is 0 Å². The fraction of sp³-hybridized carbons (Fsp3) is 0.621. The van der Waals surface area contributed by atoms with Crippen LogP contribution in [0.1, 0.15) is 42.9 Å². The lowest BCUT2D eigenvalue weighted by atomic mass is 9.73. The molecule has 0 radical (unpaired) electrons. The van der Waals surface area contributed by atoms with Crippen molar-refractivity contribution in [2.45, 2.75) is 50.1 Å². The van der Waals surface area contributed by atoms with Gasteiger partial charge in [0.15, 0.2) is 0 Å². The second-order valence-corrected chi connectivity index (χ2v) is 11.2. The highest BCUT2D eigenvalue weighted by molar-refractivity contribution is 5.73. The maximum Gasteiger partial charge on any atom is 0.416 e. The summed E-state index contributed by atoms with van der Waals surface area (Å²) in [6.45, 7) is 6.14. The summed E-state index contributed by atoms with van der Waals surface area (Å²) >= 11 is 0. The summed E-state index contributed by atoms with van der Waals surface area (Å²) in [5.41, 5.74) is 0.587. The number of anilines is 1. The highest BCUT2D eigenvalue weighted by atomic mass is 19.4. The van der Waals surface area contributed by atoms with Gasteiger partial charge < -0.3 is 30.5 Å². The van der Waals surface area contributed by atoms with Gasteiger partial charge in [-0.3, -0.25) is 0 Å². The molecule has 3 heterocycles. The van der Waals surface area contributed by atoms with Gasteiger partial charge in [-0.25, -0.2) is 4.79 Å². The topological polar surface area (TPSA) is 68.9 Å². The van der Waals surface area contributed by atoms with Crippen LogP contribution in [0.5, 0.6) is 0 Å². The van der Waals surface area contributed by atoms with E-state index in [4.69, 9.17) is 4.74 Å². The van der Waals surface area contributed by atoms with E-state index >= 15 is 0 Å². The zero-order chi connectivity index (χ0) is 27.4. The average molecular weight is 548 g/mol. The maximum absolute atomic E-state index is 13.5. The van der Waals surface area contributed by atoms with E-state index in [2.05, 4.69) is 44.9 Å². The standard InChI is InChI=1S/C29H40F3N5O2/c1-36-14-16-37(17-15-36)13-5-12-33-28(38)34-19-22-9-10-23-26(20-6-3-2-4-7-20)35-25-11-8-21(29(30,31)32)18-24(25)27(23)39-22/h2-4,6,8,11,18,20,22-23,26-27,35H,5,7,9-10,12-17,19H2,1H3,(H2,33,34,38)/t20?,22-,23+,26+,27+/m1/s1. The quantitative estimate of drug-likeness (QED) is 0.442. The largest absolute Gasteiger partial charge is 0.416 e. The second-order valence-electron chi connectivity index (χ2n) is 11.2. The van der Waals surface area contributed by atoms with Crippen molar-refractivity contribution in [2.24, 2.45) is 11.8 Å². The number of piperazine rings is 1. The minimum atomic E-state index is -4.42. The highest BCUT2D eigenvalue weighted by Crippen LogP contribution is 2.49. The maximum atomic E-state index is 13.5. The number of alkyl halides is 3. The molecule has 7 nitrogen and oxygen atoms in total. The number of urea groups is 1. The van der Waals surface area contributed by atoms with Crippen molar-refractivity contribution in [2.75, 3.05) is 58.2 Å². The predicted molar refractivity (Wildman–Crippen MR) is 146 cm³/mol. The van der Waals surface area contributed by atoms with Crippen molar-refractivity contribution < 1.29 is 22.7 Å². The Kier molecular flexibility index (Phi) is 8.83. The van der Waals surface area contributed by atoms with Crippen molar-refractivity contribution in [3.63, 3.8) is 0 Å². The molecule has 1 unspecified atom stereocenters. The van der Waals surface area contributed by atoms with Crippen molar-refractivity contribution in [3.8, 4) is 0 Å². The molecular weight excluding hydrogens is 507 g/mol. The van der Waals surface area contributed by atoms with Crippen LogP contribution in [0.3, 0.4) is 0 Å². The Balaban J connectivity index is 1.17. The zero-order valence-electron chi connectivity index (χ0n) is 22.6. The summed E-state index contributed by atoms with van der Waals surface area (Å²) in [5, 5.41) is 9.39. The number of nitrogens with one attached hydrogen (secondary N) is 3. The van der Waals surface area contributed by atoms with Crippen molar-refractivity contribution in [1.29, 1.82) is 0 Å². The van der Waals surface area contributed by atoms with Gasteiger partial charge in [0.25, 0.3) is 0 Å². The van der Waals surface area contributed by atoms with Crippen LogP contribution < -0.4 is 16.0 Å². The number of ether oxygens (including phenoxy) is 1. The van der Waals surface area contributed by atoms with Crippen LogP contribution in [-0.2, 0) is 10.9 Å². The van der Waals surface area contributed by atoms with Gasteiger partial charge in [-0.2, -0.15) is 13.2 Å². The average Bonchev–Trinajstić information content (AvgIpc) is 2.94. The molecule has 2 saturated heterocycles. The van der Waals surface area contributed by atoms with Crippen LogP contribution in [0.15, 0.2) is 42.5 Å². The number of amides is 2. The summed E-state index contributed by atoms with van der Waals surface area (Å²) in [6.07, 6.45) is 6.54. The molecule has 0 spiro atoms. The SMILES string of the molecule is CN1CCN(CCCNC(=O)NC[C@H]2CC[C@@H]3[C@H](O2)c2cc(C(F)(F)F)ccc2N[C@H]3C2C=CC=CC2)CC1. The van der Waals surface area contributed by atoms with Crippen molar-refractivity contribution in [3.05, 3.63) is 53.6 Å². The third kappa shape index (κ3) is 6.96. The van der Waals surface area contributed by atoms with Crippen molar-refractivity contribution in [1.82, 2.24) is 20.4 Å². The molecule has 5 rings (SSSR count). The lowest BCUT2D eigenvalue weighted by Gasteiger charge is -2.47. The van der Waals surface area contributed by atoms with Gasteiger partial charge >= 0.3 is 12.2 Å². The number of hydrogen-bond acceptors (Lipinski definition) is 5. The van der Waals surface area contributed by atoms with E-state index in [9.17, 15) is 18.0 Å². The number of allylic oxidation sites excluding steroid dienone is 3. The normalized spacial score (nSPS) is 29.3. The molecule has 2 fully saturated rings. The van der Waals surface area contributed by atoms with E-state index < -0.39 is 17.8 Å². The Bertz CT molecular complexity index is 1050. The Hall–Kier alpha value is -2.56. The summed E-state index contributed by atoms with van der Waals surface area (Å²) < 4.78 is 47.1. The fourth-order valence-corrected chi connectivity index (χ4v) is 6.26. The molecule has 1 aliphatic carbocycles. The minimum absolute atomic E-state index is 0.0433. The smallest absolute Gasteiger partial charge is 0.381 e. The first-order valence-corrected chi connectivity index (χ1v) is 14.2. The van der Waals surface area contributed by atoms with Crippen LogP contribution in [0.4, 0.5) is 23.7 Å². The first-order chi connectivity index (χ1) is 18.8. The number of carbonyl (C=O) groups excluding carboxylic acids is 1. The number of rotatable bonds is 7. The molecule has 4 aliphatic rings. The summed E-state index contributed by atoms with van der Waals surface area (Å²) in [6, 6.07) is 3.73. The monoisotopic (exact) mass is 547 g/mol. The number of nitrogens with zero attached hydrogens (tertiary/aromatic N) is 2. The lowest BCUT2D eigenvalue weighted by molar-refractivity contribution is -0.138. The summed E-state index contributed by atoms with van der Waals surface area (Å²) in [5.74, 6) is 0.287. The molecule has 0 bridgehead atoms. The molecular formula is C29H40F3N5O2. The van der Waals surface area contributed by atoms with E-state index in [-0.39, 0.29) is 30.0 Å². The van der Waals surface area contributed by atoms with Gasteiger partial charge in [0.2, 0.25) is 0 Å². The molecule has 0 aromatic heterocycles. The molecule has 1 aromatic rings. The zero-order valence-corrected chi connectivity index (χ0v) is 22.6. The van der Waals surface area contributed by atoms with Crippen LogP contribution in [0.25, 0.3) is 0 Å². The van der Waals surface area contributed by atoms with E-state index in [0.717, 1.165) is 64.5 Å². The second kappa shape index (κ2) is 12.3. The first kappa shape index (κ1) is 28.0. The van der Waals surface area contributed by atoms with Gasteiger partial charge in [-0.05, 0) is 57.5 Å². The molecule has 214 valence electrons. The molecule has 39 heavy (non-hydrogen) atoms. The number of hydrogen-bond donors (Lipinski definition) is 3. The van der Waals surface area contributed by atoms with Gasteiger partial charge in [0.1, 0.15) is 0 Å². The Morgan fingerprint density at radius 1 is 1.13 bits per heavy atom. The Labute approximate surface area is 228 Å². The number of carbonyl (C=O) groups is 1. The summed E-state index contributed by atoms with van der Waals surface area (Å²) in [7, 11) is 2.13. The Morgan fingerprint density at radius 3 is 2.69 bits per heavy atom. The third-order valence-electron chi connectivity index (χ3n) is 8.52. The Morgan fingerprint density at radius 2 is 1.95 bits per heavy atom. The number of halogens is 3. The molecule has 3 N–H and O–H groups in total. The van der Waals surface area contributed by atoms with Gasteiger partial charge in [-0.1, -0.05) is 24.3 Å². The highest BCUT2D eigenvalue weighted by Gasteiger charge is 2.45. The van der Waals surface area contributed by atoms with E-state index in [1.54, 1.807) is 0 Å². The van der Waals surface area contributed by atoms with E-state index in [1.165, 1.54) is 12.1 Å². The number of benzene rings is 1. The number of likely N-dealkylation sites (N-methyl/N-ethyl adjacent to an activating group) is 1. The lowest BCUT2D eigenvalue weighted by Crippen LogP contribution is -2.49.